The highest BCUT2D eigenvalue weighted by Crippen LogP contribution is 2.21. The lowest BCUT2D eigenvalue weighted by molar-refractivity contribution is -0.141. The Hall–Kier alpha value is -1.56. The molecule has 0 spiro atoms. The molecule has 19 heavy (non-hydrogen) atoms. The summed E-state index contributed by atoms with van der Waals surface area (Å²) in [4.78, 5) is 26.6. The molecule has 1 unspecified atom stereocenters. The summed E-state index contributed by atoms with van der Waals surface area (Å²) in [6, 6.07) is -0.811. The topological polar surface area (TPSA) is 70.1 Å². The minimum Gasteiger partial charge on any atom is -0.480 e. The first-order chi connectivity index (χ1) is 9.13. The van der Waals surface area contributed by atoms with Crippen molar-refractivity contribution in [2.24, 2.45) is 0 Å². The van der Waals surface area contributed by atoms with E-state index in [0.29, 0.717) is 32.7 Å². The predicted molar refractivity (Wildman–Crippen MR) is 68.9 cm³/mol. The van der Waals surface area contributed by atoms with E-state index in [4.69, 9.17) is 9.84 Å². The Labute approximate surface area is 112 Å². The third-order valence-corrected chi connectivity index (χ3v) is 3.69. The van der Waals surface area contributed by atoms with Crippen LogP contribution in [0.15, 0.2) is 11.6 Å². The molecule has 0 aliphatic carbocycles. The van der Waals surface area contributed by atoms with E-state index < -0.39 is 12.0 Å². The Morgan fingerprint density at radius 2 is 2.26 bits per heavy atom. The molecule has 6 nitrogen and oxygen atoms in total. The number of carboxylic acids is 1. The largest absolute Gasteiger partial charge is 0.480 e. The van der Waals surface area contributed by atoms with Gasteiger partial charge in [-0.25, -0.2) is 9.59 Å². The standard InChI is InChI=1S/C13H20N2O4/c1-19-9-10-4-7-14(8-5-10)13(18)15-6-2-3-11(15)12(16)17/h4,11H,2-3,5-9H2,1H3,(H,16,17). The lowest BCUT2D eigenvalue weighted by Gasteiger charge is -2.32. The number of carbonyl (C=O) groups is 2. The van der Waals surface area contributed by atoms with E-state index in [9.17, 15) is 9.59 Å². The van der Waals surface area contributed by atoms with Gasteiger partial charge in [0.2, 0.25) is 0 Å². The summed E-state index contributed by atoms with van der Waals surface area (Å²) in [5, 5.41) is 9.10. The van der Waals surface area contributed by atoms with E-state index in [2.05, 4.69) is 0 Å². The van der Waals surface area contributed by atoms with Crippen LogP contribution in [0.5, 0.6) is 0 Å². The zero-order valence-corrected chi connectivity index (χ0v) is 11.2. The summed E-state index contributed by atoms with van der Waals surface area (Å²) in [7, 11) is 1.65. The second kappa shape index (κ2) is 6.06. The van der Waals surface area contributed by atoms with Gasteiger partial charge in [0.05, 0.1) is 6.61 Å². The van der Waals surface area contributed by atoms with E-state index in [0.717, 1.165) is 12.8 Å². The first kappa shape index (κ1) is 13.9. The van der Waals surface area contributed by atoms with Gasteiger partial charge < -0.3 is 19.6 Å². The molecule has 0 radical (unpaired) electrons. The molecule has 2 amide bonds. The minimum absolute atomic E-state index is 0.155. The molecule has 0 saturated carbocycles. The van der Waals surface area contributed by atoms with E-state index in [1.165, 1.54) is 10.5 Å². The average molecular weight is 268 g/mol. The van der Waals surface area contributed by atoms with Crippen LogP contribution in [0.1, 0.15) is 19.3 Å². The fourth-order valence-corrected chi connectivity index (χ4v) is 2.64. The molecule has 1 saturated heterocycles. The Kier molecular flexibility index (Phi) is 4.42. The van der Waals surface area contributed by atoms with Crippen molar-refractivity contribution < 1.29 is 19.4 Å². The number of rotatable bonds is 3. The Bertz CT molecular complexity index is 394. The lowest BCUT2D eigenvalue weighted by Crippen LogP contribution is -2.49. The van der Waals surface area contributed by atoms with Crippen molar-refractivity contribution in [1.29, 1.82) is 0 Å². The molecule has 2 aliphatic rings. The number of ether oxygens (including phenoxy) is 1. The highest BCUT2D eigenvalue weighted by Gasteiger charge is 2.36. The normalized spacial score (nSPS) is 23.4. The second-order valence-electron chi connectivity index (χ2n) is 4.96. The number of hydrogen-bond donors (Lipinski definition) is 1. The fraction of sp³-hybridized carbons (Fsp3) is 0.692. The molecule has 0 aromatic carbocycles. The minimum atomic E-state index is -0.904. The molecule has 0 bridgehead atoms. The molecule has 2 rings (SSSR count). The number of nitrogens with zero attached hydrogens (tertiary/aromatic N) is 2. The summed E-state index contributed by atoms with van der Waals surface area (Å²) in [6.45, 7) is 2.32. The van der Waals surface area contributed by atoms with Crippen LogP contribution in [0, 0.1) is 0 Å². The smallest absolute Gasteiger partial charge is 0.326 e. The van der Waals surface area contributed by atoms with E-state index in [1.807, 2.05) is 6.08 Å². The van der Waals surface area contributed by atoms with Gasteiger partial charge in [0.1, 0.15) is 6.04 Å². The van der Waals surface area contributed by atoms with Crippen LogP contribution < -0.4 is 0 Å². The third-order valence-electron chi connectivity index (χ3n) is 3.69. The number of likely N-dealkylation sites (tertiary alicyclic amines) is 1. The van der Waals surface area contributed by atoms with Gasteiger partial charge in [-0.1, -0.05) is 6.08 Å². The van der Waals surface area contributed by atoms with Crippen molar-refractivity contribution in [2.75, 3.05) is 33.4 Å². The van der Waals surface area contributed by atoms with Crippen molar-refractivity contribution in [1.82, 2.24) is 9.80 Å². The second-order valence-corrected chi connectivity index (χ2v) is 4.96. The molecule has 0 aromatic rings. The van der Waals surface area contributed by atoms with E-state index in [1.54, 1.807) is 12.0 Å². The monoisotopic (exact) mass is 268 g/mol. The van der Waals surface area contributed by atoms with Crippen molar-refractivity contribution in [3.63, 3.8) is 0 Å². The van der Waals surface area contributed by atoms with Crippen LogP contribution in [0.4, 0.5) is 4.79 Å². The van der Waals surface area contributed by atoms with Crippen molar-refractivity contribution in [3.8, 4) is 0 Å². The predicted octanol–water partition coefficient (Wildman–Crippen LogP) is 0.934. The molecule has 106 valence electrons. The maximum atomic E-state index is 12.3. The summed E-state index contributed by atoms with van der Waals surface area (Å²) in [5.41, 5.74) is 1.20. The molecule has 1 N–H and O–H groups in total. The van der Waals surface area contributed by atoms with Gasteiger partial charge in [0.15, 0.2) is 0 Å². The molecule has 2 aliphatic heterocycles. The molecule has 2 heterocycles. The van der Waals surface area contributed by atoms with Crippen LogP contribution in [0.3, 0.4) is 0 Å². The van der Waals surface area contributed by atoms with Crippen molar-refractivity contribution >= 4 is 12.0 Å². The Morgan fingerprint density at radius 1 is 1.47 bits per heavy atom. The van der Waals surface area contributed by atoms with Gasteiger partial charge in [0.25, 0.3) is 0 Å². The molecule has 1 atom stereocenters. The van der Waals surface area contributed by atoms with E-state index >= 15 is 0 Å². The van der Waals surface area contributed by atoms with Gasteiger partial charge in [-0.05, 0) is 24.8 Å². The van der Waals surface area contributed by atoms with Gasteiger partial charge >= 0.3 is 12.0 Å². The number of amides is 2. The number of hydrogen-bond acceptors (Lipinski definition) is 3. The van der Waals surface area contributed by atoms with Crippen LogP contribution in [0.2, 0.25) is 0 Å². The number of aliphatic carboxylic acids is 1. The van der Waals surface area contributed by atoms with Crippen LogP contribution in [0.25, 0.3) is 0 Å². The van der Waals surface area contributed by atoms with Gasteiger partial charge in [-0.15, -0.1) is 0 Å². The van der Waals surface area contributed by atoms with Crippen molar-refractivity contribution in [3.05, 3.63) is 11.6 Å². The third kappa shape index (κ3) is 3.07. The molecule has 0 aromatic heterocycles. The number of carboxylic acid groups (broad SMARTS) is 1. The molecule has 6 heteroatoms. The number of methoxy groups -OCH3 is 1. The summed E-state index contributed by atoms with van der Waals surface area (Å²) in [6.07, 6.45) is 4.11. The SMILES string of the molecule is COCC1=CCN(C(=O)N2CCCC2C(=O)O)CC1. The maximum absolute atomic E-state index is 12.3. The number of carbonyl (C=O) groups excluding carboxylic acids is 1. The molecular weight excluding hydrogens is 248 g/mol. The first-order valence-electron chi connectivity index (χ1n) is 6.58. The summed E-state index contributed by atoms with van der Waals surface area (Å²) in [5.74, 6) is -0.904. The zero-order valence-electron chi connectivity index (χ0n) is 11.2. The van der Waals surface area contributed by atoms with E-state index in [-0.39, 0.29) is 6.03 Å². The molecular formula is C13H20N2O4. The van der Waals surface area contributed by atoms with Gasteiger partial charge in [0, 0.05) is 26.7 Å². The first-order valence-corrected chi connectivity index (χ1v) is 6.58. The van der Waals surface area contributed by atoms with Gasteiger partial charge in [-0.2, -0.15) is 0 Å². The maximum Gasteiger partial charge on any atom is 0.326 e. The van der Waals surface area contributed by atoms with Crippen LogP contribution in [-0.4, -0.2) is 66.3 Å². The highest BCUT2D eigenvalue weighted by atomic mass is 16.5. The number of urea groups is 1. The Morgan fingerprint density at radius 3 is 2.84 bits per heavy atom. The average Bonchev–Trinajstić information content (AvgIpc) is 2.88. The highest BCUT2D eigenvalue weighted by molar-refractivity contribution is 5.83. The zero-order chi connectivity index (χ0) is 13.8. The summed E-state index contributed by atoms with van der Waals surface area (Å²) < 4.78 is 5.07. The fourth-order valence-electron chi connectivity index (χ4n) is 2.64. The quantitative estimate of drug-likeness (QED) is 0.773. The van der Waals surface area contributed by atoms with Crippen LogP contribution >= 0.6 is 0 Å². The van der Waals surface area contributed by atoms with Gasteiger partial charge in [-0.3, -0.25) is 0 Å². The van der Waals surface area contributed by atoms with Crippen LogP contribution in [-0.2, 0) is 9.53 Å². The molecule has 1 fully saturated rings. The lowest BCUT2D eigenvalue weighted by atomic mass is 10.1. The van der Waals surface area contributed by atoms with Crippen molar-refractivity contribution in [2.45, 2.75) is 25.3 Å². The summed E-state index contributed by atoms with van der Waals surface area (Å²) >= 11 is 0. The Balaban J connectivity index is 1.96.